The number of aldehydes is 1. The number of allylic oxidation sites excluding steroid dienone is 1. The fourth-order valence-corrected chi connectivity index (χ4v) is 5.01. The van der Waals surface area contributed by atoms with Crippen molar-refractivity contribution in [3.63, 3.8) is 0 Å². The van der Waals surface area contributed by atoms with E-state index in [2.05, 4.69) is 0 Å². The van der Waals surface area contributed by atoms with Gasteiger partial charge in [0.2, 0.25) is 6.29 Å². The maximum atomic E-state index is 11.1. The highest BCUT2D eigenvalue weighted by Gasteiger charge is 2.49. The van der Waals surface area contributed by atoms with Crippen LogP contribution in [0.3, 0.4) is 0 Å². The highest BCUT2D eigenvalue weighted by atomic mass is 16.7. The monoisotopic (exact) mass is 594 g/mol. The standard InChI is InChI=1S/C37H38O7/c38-22-13-23-40-37-36(43-27-32-20-11-4-12-21-32)35(42-26-31-18-9-3-10-19-31)34(41-25-30-16-7-2-8-17-30)33(44-37)28-39-24-29-14-5-1-6-15-29/h1-23,33-37H,24-28H2/b23-13+/t33-,34-,35+,36-,37-/m1/s1. The van der Waals surface area contributed by atoms with Gasteiger partial charge >= 0.3 is 0 Å². The minimum Gasteiger partial charge on any atom is -0.469 e. The third-order valence-electron chi connectivity index (χ3n) is 7.21. The molecule has 0 spiro atoms. The zero-order chi connectivity index (χ0) is 30.2. The van der Waals surface area contributed by atoms with Crippen LogP contribution in [0.25, 0.3) is 0 Å². The lowest BCUT2D eigenvalue weighted by Gasteiger charge is -2.45. The van der Waals surface area contributed by atoms with Gasteiger partial charge in [0.05, 0.1) is 39.3 Å². The molecule has 1 fully saturated rings. The first kappa shape index (κ1) is 31.3. The van der Waals surface area contributed by atoms with Gasteiger partial charge in [-0.05, 0) is 22.3 Å². The molecule has 0 aromatic heterocycles. The fraction of sp³-hybridized carbons (Fsp3) is 0.270. The Labute approximate surface area is 258 Å². The van der Waals surface area contributed by atoms with Crippen LogP contribution in [0.1, 0.15) is 22.3 Å². The Balaban J connectivity index is 1.43. The molecule has 0 bridgehead atoms. The highest BCUT2D eigenvalue weighted by Crippen LogP contribution is 2.31. The SMILES string of the molecule is O=C/C=C/O[C@@H]1O[C@H](COCc2ccccc2)[C@@H](OCc2ccccc2)[C@H](OCc2ccccc2)[C@H]1OCc1ccccc1. The summed E-state index contributed by atoms with van der Waals surface area (Å²) >= 11 is 0. The molecule has 7 heteroatoms. The fourth-order valence-electron chi connectivity index (χ4n) is 5.01. The Hall–Kier alpha value is -4.11. The minimum absolute atomic E-state index is 0.224. The van der Waals surface area contributed by atoms with Crippen LogP contribution in [0.2, 0.25) is 0 Å². The van der Waals surface area contributed by atoms with Gasteiger partial charge in [0, 0.05) is 6.08 Å². The first-order valence-electron chi connectivity index (χ1n) is 14.8. The molecular formula is C37H38O7. The van der Waals surface area contributed by atoms with Crippen LogP contribution in [0.4, 0.5) is 0 Å². The van der Waals surface area contributed by atoms with Gasteiger partial charge in [-0.15, -0.1) is 0 Å². The molecule has 0 aliphatic carbocycles. The molecule has 5 rings (SSSR count). The summed E-state index contributed by atoms with van der Waals surface area (Å²) in [7, 11) is 0. The molecule has 1 aliphatic rings. The van der Waals surface area contributed by atoms with Gasteiger partial charge in [-0.2, -0.15) is 0 Å². The van der Waals surface area contributed by atoms with Crippen LogP contribution in [0, 0.1) is 0 Å². The second kappa shape index (κ2) is 17.3. The summed E-state index contributed by atoms with van der Waals surface area (Å²) in [5.74, 6) is 0. The van der Waals surface area contributed by atoms with Crippen molar-refractivity contribution in [1.29, 1.82) is 0 Å². The first-order valence-corrected chi connectivity index (χ1v) is 14.8. The summed E-state index contributed by atoms with van der Waals surface area (Å²) < 4.78 is 38.4. The van der Waals surface area contributed by atoms with E-state index in [1.54, 1.807) is 0 Å². The largest absolute Gasteiger partial charge is 0.469 e. The lowest BCUT2D eigenvalue weighted by Crippen LogP contribution is -2.61. The van der Waals surface area contributed by atoms with Gasteiger partial charge in [0.25, 0.3) is 0 Å². The summed E-state index contributed by atoms with van der Waals surface area (Å²) in [5.41, 5.74) is 4.07. The van der Waals surface area contributed by atoms with Gasteiger partial charge < -0.3 is 28.4 Å². The van der Waals surface area contributed by atoms with Crippen molar-refractivity contribution in [2.45, 2.75) is 57.1 Å². The predicted octanol–water partition coefficient (Wildman–Crippen LogP) is 6.41. The van der Waals surface area contributed by atoms with Crippen LogP contribution in [-0.4, -0.2) is 43.6 Å². The van der Waals surface area contributed by atoms with Crippen molar-refractivity contribution in [2.24, 2.45) is 0 Å². The second-order valence-corrected chi connectivity index (χ2v) is 10.4. The van der Waals surface area contributed by atoms with Gasteiger partial charge in [-0.1, -0.05) is 121 Å². The maximum absolute atomic E-state index is 11.1. The van der Waals surface area contributed by atoms with E-state index in [1.165, 1.54) is 12.3 Å². The first-order chi connectivity index (χ1) is 21.8. The Morgan fingerprint density at radius 2 is 0.977 bits per heavy atom. The molecule has 0 radical (unpaired) electrons. The number of benzene rings is 4. The Kier molecular flexibility index (Phi) is 12.3. The molecule has 0 N–H and O–H groups in total. The molecule has 1 saturated heterocycles. The molecule has 1 heterocycles. The minimum atomic E-state index is -0.891. The van der Waals surface area contributed by atoms with E-state index in [1.807, 2.05) is 121 Å². The average Bonchev–Trinajstić information content (AvgIpc) is 3.08. The van der Waals surface area contributed by atoms with E-state index >= 15 is 0 Å². The van der Waals surface area contributed by atoms with Crippen LogP contribution in [0.15, 0.2) is 134 Å². The van der Waals surface area contributed by atoms with Gasteiger partial charge in [-0.3, -0.25) is 4.79 Å². The van der Waals surface area contributed by atoms with E-state index in [9.17, 15) is 4.79 Å². The van der Waals surface area contributed by atoms with Crippen LogP contribution < -0.4 is 0 Å². The highest BCUT2D eigenvalue weighted by molar-refractivity contribution is 5.64. The van der Waals surface area contributed by atoms with Crippen molar-refractivity contribution < 1.29 is 33.2 Å². The summed E-state index contributed by atoms with van der Waals surface area (Å²) in [6.07, 6.45) is -0.0676. The molecule has 1 aliphatic heterocycles. The van der Waals surface area contributed by atoms with E-state index in [0.717, 1.165) is 22.3 Å². The molecule has 5 atom stereocenters. The van der Waals surface area contributed by atoms with Crippen LogP contribution in [0.5, 0.6) is 0 Å². The molecule has 0 amide bonds. The van der Waals surface area contributed by atoms with Gasteiger partial charge in [0.15, 0.2) is 0 Å². The molecule has 4 aromatic carbocycles. The maximum Gasteiger partial charge on any atom is 0.228 e. The molecule has 44 heavy (non-hydrogen) atoms. The summed E-state index contributed by atoms with van der Waals surface area (Å²) in [6.45, 7) is 1.61. The number of hydrogen-bond acceptors (Lipinski definition) is 7. The number of carbonyl (C=O) groups excluding carboxylic acids is 1. The molecule has 7 nitrogen and oxygen atoms in total. The van der Waals surface area contributed by atoms with E-state index in [-0.39, 0.29) is 6.61 Å². The number of ether oxygens (including phenoxy) is 6. The van der Waals surface area contributed by atoms with Crippen LogP contribution in [-0.2, 0) is 59.6 Å². The molecule has 0 saturated carbocycles. The molecule has 0 unspecified atom stereocenters. The second-order valence-electron chi connectivity index (χ2n) is 10.4. The van der Waals surface area contributed by atoms with Crippen molar-refractivity contribution in [1.82, 2.24) is 0 Å². The zero-order valence-corrected chi connectivity index (χ0v) is 24.6. The van der Waals surface area contributed by atoms with Crippen molar-refractivity contribution in [3.05, 3.63) is 156 Å². The number of rotatable bonds is 16. The predicted molar refractivity (Wildman–Crippen MR) is 166 cm³/mol. The molecular weight excluding hydrogens is 556 g/mol. The van der Waals surface area contributed by atoms with Crippen LogP contribution >= 0.6 is 0 Å². The van der Waals surface area contributed by atoms with Crippen molar-refractivity contribution in [2.75, 3.05) is 6.61 Å². The Morgan fingerprint density at radius 1 is 0.545 bits per heavy atom. The summed E-state index contributed by atoms with van der Waals surface area (Å²) in [5, 5.41) is 0. The summed E-state index contributed by atoms with van der Waals surface area (Å²) in [6, 6.07) is 39.8. The lowest BCUT2D eigenvalue weighted by atomic mass is 9.97. The quantitative estimate of drug-likeness (QED) is 0.0843. The average molecular weight is 595 g/mol. The topological polar surface area (TPSA) is 72.5 Å². The molecule has 228 valence electrons. The van der Waals surface area contributed by atoms with E-state index in [0.29, 0.717) is 32.7 Å². The Bertz CT molecular complexity index is 1380. The van der Waals surface area contributed by atoms with E-state index < -0.39 is 30.7 Å². The van der Waals surface area contributed by atoms with Gasteiger partial charge in [-0.25, -0.2) is 0 Å². The third-order valence-corrected chi connectivity index (χ3v) is 7.21. The molecule has 4 aromatic rings. The normalized spacial score (nSPS) is 21.7. The van der Waals surface area contributed by atoms with Gasteiger partial charge in [0.1, 0.15) is 30.7 Å². The number of hydrogen-bond donors (Lipinski definition) is 0. The third kappa shape index (κ3) is 9.44. The smallest absolute Gasteiger partial charge is 0.228 e. The summed E-state index contributed by atoms with van der Waals surface area (Å²) in [4.78, 5) is 11.1. The number of carbonyl (C=O) groups is 1. The Morgan fingerprint density at radius 3 is 1.45 bits per heavy atom. The lowest BCUT2D eigenvalue weighted by molar-refractivity contribution is -0.318. The van der Waals surface area contributed by atoms with Crippen molar-refractivity contribution in [3.8, 4) is 0 Å². The van der Waals surface area contributed by atoms with E-state index in [4.69, 9.17) is 28.4 Å². The van der Waals surface area contributed by atoms with Crippen molar-refractivity contribution >= 4 is 6.29 Å². The zero-order valence-electron chi connectivity index (χ0n) is 24.6.